The summed E-state index contributed by atoms with van der Waals surface area (Å²) in [6, 6.07) is 1.97. The molecule has 0 aliphatic heterocycles. The molecular formula is C13H14N2O2S2. The minimum Gasteiger partial charge on any atom is -0.487 e. The minimum absolute atomic E-state index is 0.0957. The van der Waals surface area contributed by atoms with E-state index in [9.17, 15) is 4.79 Å². The molecule has 0 N–H and O–H groups in total. The van der Waals surface area contributed by atoms with Crippen molar-refractivity contribution in [2.24, 2.45) is 0 Å². The molecule has 0 aliphatic carbocycles. The lowest BCUT2D eigenvalue weighted by molar-refractivity contribution is -0.127. The quantitative estimate of drug-likeness (QED) is 0.769. The van der Waals surface area contributed by atoms with Crippen LogP contribution in [0.15, 0.2) is 35.8 Å². The Morgan fingerprint density at radius 3 is 3.00 bits per heavy atom. The Morgan fingerprint density at radius 2 is 2.37 bits per heavy atom. The van der Waals surface area contributed by atoms with Crippen LogP contribution in [0, 0.1) is 0 Å². The van der Waals surface area contributed by atoms with Gasteiger partial charge in [-0.1, -0.05) is 6.58 Å². The van der Waals surface area contributed by atoms with E-state index < -0.39 is 0 Å². The van der Waals surface area contributed by atoms with Crippen molar-refractivity contribution in [3.63, 3.8) is 0 Å². The van der Waals surface area contributed by atoms with Crippen molar-refractivity contribution in [3.8, 4) is 5.06 Å². The van der Waals surface area contributed by atoms with E-state index in [0.29, 0.717) is 13.1 Å². The third-order valence-corrected chi connectivity index (χ3v) is 4.25. The number of nitrogens with zero attached hydrogens (tertiary/aromatic N) is 2. The molecule has 0 unspecified atom stereocenters. The van der Waals surface area contributed by atoms with Crippen LogP contribution in [0.4, 0.5) is 0 Å². The lowest BCUT2D eigenvalue weighted by Gasteiger charge is -2.20. The highest BCUT2D eigenvalue weighted by Gasteiger charge is 2.15. The molecule has 2 aromatic rings. The predicted octanol–water partition coefficient (Wildman–Crippen LogP) is 2.93. The van der Waals surface area contributed by atoms with Gasteiger partial charge >= 0.3 is 0 Å². The number of hydrogen-bond donors (Lipinski definition) is 0. The van der Waals surface area contributed by atoms with E-state index in [-0.39, 0.29) is 5.91 Å². The third kappa shape index (κ3) is 3.42. The first kappa shape index (κ1) is 13.8. The van der Waals surface area contributed by atoms with Crippen molar-refractivity contribution >= 4 is 28.6 Å². The van der Waals surface area contributed by atoms with Crippen molar-refractivity contribution in [1.82, 2.24) is 9.88 Å². The molecule has 0 saturated heterocycles. The van der Waals surface area contributed by atoms with Crippen LogP contribution in [-0.2, 0) is 17.9 Å². The van der Waals surface area contributed by atoms with Gasteiger partial charge in [0.15, 0.2) is 5.06 Å². The average Bonchev–Trinajstić information content (AvgIpc) is 3.08. The van der Waals surface area contributed by atoms with Crippen molar-refractivity contribution in [3.05, 3.63) is 46.2 Å². The molecule has 0 fully saturated rings. The predicted molar refractivity (Wildman–Crippen MR) is 77.4 cm³/mol. The number of amides is 1. The first-order valence-electron chi connectivity index (χ1n) is 5.63. The number of thiazole rings is 1. The van der Waals surface area contributed by atoms with Crippen LogP contribution in [0.1, 0.15) is 10.4 Å². The van der Waals surface area contributed by atoms with Gasteiger partial charge in [-0.25, -0.2) is 0 Å². The van der Waals surface area contributed by atoms with Crippen LogP contribution >= 0.6 is 22.7 Å². The highest BCUT2D eigenvalue weighted by atomic mass is 32.1. The molecule has 2 rings (SSSR count). The smallest absolute Gasteiger partial charge is 0.246 e. The van der Waals surface area contributed by atoms with Gasteiger partial charge in [0, 0.05) is 16.6 Å². The van der Waals surface area contributed by atoms with Crippen LogP contribution in [0.2, 0.25) is 0 Å². The van der Waals surface area contributed by atoms with Crippen molar-refractivity contribution in [2.75, 3.05) is 7.11 Å². The molecule has 0 radical (unpaired) electrons. The molecule has 4 nitrogen and oxygen atoms in total. The number of carbonyl (C=O) groups excluding carboxylic acids is 1. The Labute approximate surface area is 120 Å². The zero-order chi connectivity index (χ0) is 13.7. The number of carbonyl (C=O) groups is 1. The standard InChI is InChI=1S/C13H14N2O2S2/c1-3-12(16)15(8-11-6-14-9-19-11)7-10-4-5-18-13(10)17-2/h3-6,9H,1,7-8H2,2H3. The number of rotatable bonds is 6. The number of methoxy groups -OCH3 is 1. The SMILES string of the molecule is C=CC(=O)N(Cc1cncs1)Cc1ccsc1OC. The second kappa shape index (κ2) is 6.49. The van der Waals surface area contributed by atoms with Gasteiger partial charge < -0.3 is 9.64 Å². The summed E-state index contributed by atoms with van der Waals surface area (Å²) in [7, 11) is 1.64. The molecule has 100 valence electrons. The summed E-state index contributed by atoms with van der Waals surface area (Å²) < 4.78 is 5.28. The highest BCUT2D eigenvalue weighted by molar-refractivity contribution is 7.12. The van der Waals surface area contributed by atoms with Crippen LogP contribution in [0.3, 0.4) is 0 Å². The fraction of sp³-hybridized carbons (Fsp3) is 0.231. The largest absolute Gasteiger partial charge is 0.487 e. The van der Waals surface area contributed by atoms with Crippen molar-refractivity contribution < 1.29 is 9.53 Å². The van der Waals surface area contributed by atoms with Gasteiger partial charge in [-0.15, -0.1) is 22.7 Å². The van der Waals surface area contributed by atoms with E-state index in [4.69, 9.17) is 4.74 Å². The summed E-state index contributed by atoms with van der Waals surface area (Å²) in [5, 5.41) is 2.79. The van der Waals surface area contributed by atoms with Crippen molar-refractivity contribution in [1.29, 1.82) is 0 Å². The fourth-order valence-electron chi connectivity index (χ4n) is 1.67. The van der Waals surface area contributed by atoms with Gasteiger partial charge in [-0.3, -0.25) is 9.78 Å². The molecule has 1 amide bonds. The van der Waals surface area contributed by atoms with E-state index in [1.54, 1.807) is 23.7 Å². The monoisotopic (exact) mass is 294 g/mol. The molecule has 0 spiro atoms. The normalized spacial score (nSPS) is 10.2. The molecule has 0 aliphatic rings. The third-order valence-electron chi connectivity index (χ3n) is 2.57. The molecule has 19 heavy (non-hydrogen) atoms. The molecule has 6 heteroatoms. The zero-order valence-electron chi connectivity index (χ0n) is 10.5. The first-order valence-corrected chi connectivity index (χ1v) is 7.39. The summed E-state index contributed by atoms with van der Waals surface area (Å²) in [6.07, 6.45) is 3.11. The molecule has 0 aromatic carbocycles. The summed E-state index contributed by atoms with van der Waals surface area (Å²) in [6.45, 7) is 4.60. The van der Waals surface area contributed by atoms with E-state index >= 15 is 0 Å². The van der Waals surface area contributed by atoms with Gasteiger partial charge in [-0.2, -0.15) is 0 Å². The molecule has 0 bridgehead atoms. The maximum atomic E-state index is 11.9. The molecule has 0 saturated carbocycles. The Balaban J connectivity index is 2.14. The second-order valence-electron chi connectivity index (χ2n) is 3.80. The Bertz CT molecular complexity index is 549. The number of hydrogen-bond acceptors (Lipinski definition) is 5. The lowest BCUT2D eigenvalue weighted by Crippen LogP contribution is -2.28. The highest BCUT2D eigenvalue weighted by Crippen LogP contribution is 2.27. The number of ether oxygens (including phenoxy) is 1. The average molecular weight is 294 g/mol. The van der Waals surface area contributed by atoms with Crippen LogP contribution in [0.25, 0.3) is 0 Å². The first-order chi connectivity index (χ1) is 9.24. The topological polar surface area (TPSA) is 42.4 Å². The summed E-state index contributed by atoms with van der Waals surface area (Å²) in [5.41, 5.74) is 2.77. The van der Waals surface area contributed by atoms with Crippen LogP contribution in [0.5, 0.6) is 5.06 Å². The lowest BCUT2D eigenvalue weighted by atomic mass is 10.3. The summed E-state index contributed by atoms with van der Waals surface area (Å²) >= 11 is 3.06. The second-order valence-corrected chi connectivity index (χ2v) is 5.65. The molecular weight excluding hydrogens is 280 g/mol. The Hall–Kier alpha value is -1.66. The molecule has 0 atom stereocenters. The van der Waals surface area contributed by atoms with Gasteiger partial charge in [0.1, 0.15) is 0 Å². The Morgan fingerprint density at radius 1 is 1.53 bits per heavy atom. The van der Waals surface area contributed by atoms with Gasteiger partial charge in [0.05, 0.1) is 25.7 Å². The van der Waals surface area contributed by atoms with Crippen LogP contribution in [-0.4, -0.2) is 22.9 Å². The maximum absolute atomic E-state index is 11.9. The van der Waals surface area contributed by atoms with E-state index in [1.807, 2.05) is 11.4 Å². The molecule has 2 aromatic heterocycles. The van der Waals surface area contributed by atoms with Gasteiger partial charge in [0.25, 0.3) is 0 Å². The van der Waals surface area contributed by atoms with Gasteiger partial charge in [0.2, 0.25) is 5.91 Å². The van der Waals surface area contributed by atoms with E-state index in [1.165, 1.54) is 28.7 Å². The van der Waals surface area contributed by atoms with E-state index in [0.717, 1.165) is 15.5 Å². The molecule has 2 heterocycles. The Kier molecular flexibility index (Phi) is 4.70. The maximum Gasteiger partial charge on any atom is 0.246 e. The number of thiophene rings is 1. The minimum atomic E-state index is -0.0957. The van der Waals surface area contributed by atoms with Gasteiger partial charge in [-0.05, 0) is 17.5 Å². The fourth-order valence-corrected chi connectivity index (χ4v) is 3.02. The van der Waals surface area contributed by atoms with Crippen LogP contribution < -0.4 is 4.74 Å². The van der Waals surface area contributed by atoms with Crippen molar-refractivity contribution in [2.45, 2.75) is 13.1 Å². The zero-order valence-corrected chi connectivity index (χ0v) is 12.2. The van der Waals surface area contributed by atoms with E-state index in [2.05, 4.69) is 11.6 Å². The summed E-state index contributed by atoms with van der Waals surface area (Å²) in [4.78, 5) is 18.7. The number of aromatic nitrogens is 1. The summed E-state index contributed by atoms with van der Waals surface area (Å²) in [5.74, 6) is -0.0957.